The first-order valence-electron chi connectivity index (χ1n) is 9.94. The first-order valence-corrected chi connectivity index (χ1v) is 9.94. The summed E-state index contributed by atoms with van der Waals surface area (Å²) in [7, 11) is 0. The molecule has 0 radical (unpaired) electrons. The molecule has 0 N–H and O–H groups in total. The first-order chi connectivity index (χ1) is 10.8. The lowest BCUT2D eigenvalue weighted by atomic mass is 9.80. The molecule has 126 valence electrons. The summed E-state index contributed by atoms with van der Waals surface area (Å²) >= 11 is 0. The smallest absolute Gasteiger partial charge is 0.0576 e. The largest absolute Gasteiger partial charge is 0.378 e. The van der Waals surface area contributed by atoms with E-state index in [0.717, 1.165) is 12.5 Å². The van der Waals surface area contributed by atoms with Gasteiger partial charge in [0.2, 0.25) is 0 Å². The van der Waals surface area contributed by atoms with Crippen LogP contribution < -0.4 is 0 Å². The predicted molar refractivity (Wildman–Crippen MR) is 94.7 cm³/mol. The third-order valence-electron chi connectivity index (χ3n) is 5.69. The second kappa shape index (κ2) is 10.3. The van der Waals surface area contributed by atoms with Crippen molar-refractivity contribution in [1.29, 1.82) is 0 Å². The van der Waals surface area contributed by atoms with E-state index in [1.54, 1.807) is 0 Å². The van der Waals surface area contributed by atoms with Crippen LogP contribution >= 0.6 is 0 Å². The van der Waals surface area contributed by atoms with E-state index in [0.29, 0.717) is 17.9 Å². The van der Waals surface area contributed by atoms with Gasteiger partial charge in [-0.15, -0.1) is 0 Å². The Balaban J connectivity index is 1.60. The Kier molecular flexibility index (Phi) is 8.38. The Morgan fingerprint density at radius 2 is 1.36 bits per heavy atom. The predicted octanol–water partition coefficient (Wildman–Crippen LogP) is 5.97. The molecule has 0 amide bonds. The second-order valence-electron chi connectivity index (χ2n) is 7.47. The van der Waals surface area contributed by atoms with Crippen molar-refractivity contribution in [2.75, 3.05) is 6.61 Å². The van der Waals surface area contributed by atoms with Crippen molar-refractivity contribution in [2.45, 2.75) is 97.0 Å². The molecule has 2 aliphatic rings. The lowest BCUT2D eigenvalue weighted by molar-refractivity contribution is 0.0211. The van der Waals surface area contributed by atoms with Crippen LogP contribution in [0.1, 0.15) is 90.9 Å². The van der Waals surface area contributed by atoms with Gasteiger partial charge in [0.15, 0.2) is 0 Å². The summed E-state index contributed by atoms with van der Waals surface area (Å²) in [5.74, 6) is 9.57. The highest BCUT2D eigenvalue weighted by Gasteiger charge is 2.21. The second-order valence-corrected chi connectivity index (χ2v) is 7.47. The van der Waals surface area contributed by atoms with Gasteiger partial charge in [0.1, 0.15) is 0 Å². The van der Waals surface area contributed by atoms with E-state index in [4.69, 9.17) is 4.74 Å². The zero-order valence-corrected chi connectivity index (χ0v) is 14.9. The zero-order chi connectivity index (χ0) is 15.6. The van der Waals surface area contributed by atoms with E-state index in [1.165, 1.54) is 77.0 Å². The Morgan fingerprint density at radius 1 is 0.773 bits per heavy atom. The number of unbranched alkanes of at least 4 members (excludes halogenated alkanes) is 2. The highest BCUT2D eigenvalue weighted by atomic mass is 16.5. The molecule has 2 saturated carbocycles. The van der Waals surface area contributed by atoms with Crippen LogP contribution in [-0.2, 0) is 4.74 Å². The normalized spacial score (nSPS) is 32.3. The summed E-state index contributed by atoms with van der Waals surface area (Å²) in [6.45, 7) is 5.55. The average molecular weight is 305 g/mol. The molecule has 2 fully saturated rings. The van der Waals surface area contributed by atoms with Crippen molar-refractivity contribution >= 4 is 0 Å². The van der Waals surface area contributed by atoms with E-state index in [1.807, 2.05) is 0 Å². The zero-order valence-electron chi connectivity index (χ0n) is 14.9. The molecular weight excluding hydrogens is 268 g/mol. The molecule has 0 saturated heterocycles. The fraction of sp³-hybridized carbons (Fsp3) is 0.905. The quantitative estimate of drug-likeness (QED) is 0.434. The molecule has 1 heteroatoms. The van der Waals surface area contributed by atoms with Crippen LogP contribution in [-0.4, -0.2) is 12.7 Å². The lowest BCUT2D eigenvalue weighted by Crippen LogP contribution is -2.21. The molecule has 0 atom stereocenters. The van der Waals surface area contributed by atoms with Crippen LogP contribution in [0.25, 0.3) is 0 Å². The number of hydrogen-bond acceptors (Lipinski definition) is 1. The van der Waals surface area contributed by atoms with Crippen molar-refractivity contribution in [3.63, 3.8) is 0 Å². The fourth-order valence-corrected chi connectivity index (χ4v) is 3.93. The van der Waals surface area contributed by atoms with Crippen LogP contribution in [0.3, 0.4) is 0 Å². The Hall–Kier alpha value is -0.480. The standard InChI is InChI=1S/C21H36O/c1-3-5-6-17-22-21-15-13-20(14-16-21)12-11-19-9-7-18(4-2)8-10-19/h18-21H,3-10,13-17H2,1-2H3. The van der Waals surface area contributed by atoms with E-state index in [2.05, 4.69) is 25.7 Å². The van der Waals surface area contributed by atoms with Gasteiger partial charge in [-0.2, -0.15) is 0 Å². The maximum atomic E-state index is 6.00. The molecule has 0 spiro atoms. The molecule has 2 aliphatic carbocycles. The van der Waals surface area contributed by atoms with Crippen molar-refractivity contribution in [3.05, 3.63) is 0 Å². The van der Waals surface area contributed by atoms with Crippen LogP contribution in [0.4, 0.5) is 0 Å². The van der Waals surface area contributed by atoms with Crippen LogP contribution in [0.15, 0.2) is 0 Å². The Morgan fingerprint density at radius 3 is 1.91 bits per heavy atom. The lowest BCUT2D eigenvalue weighted by Gasteiger charge is -2.27. The number of ether oxygens (including phenoxy) is 1. The molecular formula is C21H36O. The number of rotatable bonds is 6. The summed E-state index contributed by atoms with van der Waals surface area (Å²) in [5, 5.41) is 0. The van der Waals surface area contributed by atoms with Crippen LogP contribution in [0.5, 0.6) is 0 Å². The molecule has 0 bridgehead atoms. The Bertz CT molecular complexity index is 335. The summed E-state index contributed by atoms with van der Waals surface area (Å²) in [6.07, 6.45) is 16.2. The fourth-order valence-electron chi connectivity index (χ4n) is 3.93. The van der Waals surface area contributed by atoms with Gasteiger partial charge in [0.05, 0.1) is 6.10 Å². The summed E-state index contributed by atoms with van der Waals surface area (Å²) in [6, 6.07) is 0. The topological polar surface area (TPSA) is 9.23 Å². The van der Waals surface area contributed by atoms with Gasteiger partial charge < -0.3 is 4.74 Å². The molecule has 0 heterocycles. The molecule has 0 aliphatic heterocycles. The number of hydrogen-bond donors (Lipinski definition) is 0. The molecule has 0 aromatic rings. The van der Waals surface area contributed by atoms with E-state index in [-0.39, 0.29) is 0 Å². The summed E-state index contributed by atoms with van der Waals surface area (Å²) < 4.78 is 6.00. The Labute approximate surface area is 138 Å². The van der Waals surface area contributed by atoms with Crippen molar-refractivity contribution < 1.29 is 4.74 Å². The maximum absolute atomic E-state index is 6.00. The molecule has 22 heavy (non-hydrogen) atoms. The van der Waals surface area contributed by atoms with E-state index < -0.39 is 0 Å². The first kappa shape index (κ1) is 17.9. The van der Waals surface area contributed by atoms with E-state index in [9.17, 15) is 0 Å². The minimum Gasteiger partial charge on any atom is -0.378 e. The van der Waals surface area contributed by atoms with Crippen molar-refractivity contribution in [2.24, 2.45) is 17.8 Å². The SMILES string of the molecule is CCCCCOC1CCC(C#CC2CCC(CC)CC2)CC1. The molecule has 2 rings (SSSR count). The van der Waals surface area contributed by atoms with Gasteiger partial charge in [-0.3, -0.25) is 0 Å². The summed E-state index contributed by atoms with van der Waals surface area (Å²) in [4.78, 5) is 0. The van der Waals surface area contributed by atoms with E-state index >= 15 is 0 Å². The van der Waals surface area contributed by atoms with Gasteiger partial charge in [-0.05, 0) is 63.7 Å². The van der Waals surface area contributed by atoms with Gasteiger partial charge in [-0.1, -0.05) is 45.0 Å². The van der Waals surface area contributed by atoms with Gasteiger partial charge in [0.25, 0.3) is 0 Å². The van der Waals surface area contributed by atoms with Gasteiger partial charge in [-0.25, -0.2) is 0 Å². The van der Waals surface area contributed by atoms with Crippen LogP contribution in [0, 0.1) is 29.6 Å². The van der Waals surface area contributed by atoms with Gasteiger partial charge in [0, 0.05) is 18.4 Å². The average Bonchev–Trinajstić information content (AvgIpc) is 2.58. The van der Waals surface area contributed by atoms with Crippen LogP contribution in [0.2, 0.25) is 0 Å². The third kappa shape index (κ3) is 6.33. The van der Waals surface area contributed by atoms with Crippen molar-refractivity contribution in [3.8, 4) is 11.8 Å². The molecule has 1 nitrogen and oxygen atoms in total. The molecule has 0 aromatic heterocycles. The van der Waals surface area contributed by atoms with Gasteiger partial charge >= 0.3 is 0 Å². The highest BCUT2D eigenvalue weighted by Crippen LogP contribution is 2.31. The molecule has 0 aromatic carbocycles. The van der Waals surface area contributed by atoms with Crippen molar-refractivity contribution in [1.82, 2.24) is 0 Å². The highest BCUT2D eigenvalue weighted by molar-refractivity contribution is 5.09. The summed E-state index contributed by atoms with van der Waals surface area (Å²) in [5.41, 5.74) is 0. The third-order valence-corrected chi connectivity index (χ3v) is 5.69. The molecule has 0 unspecified atom stereocenters. The minimum atomic E-state index is 0.523. The maximum Gasteiger partial charge on any atom is 0.0576 e. The minimum absolute atomic E-state index is 0.523. The monoisotopic (exact) mass is 304 g/mol.